The van der Waals surface area contributed by atoms with E-state index in [1.165, 1.54) is 11.0 Å². The van der Waals surface area contributed by atoms with Gasteiger partial charge in [-0.2, -0.15) is 5.26 Å². The highest BCUT2D eigenvalue weighted by Crippen LogP contribution is 2.53. The first-order valence-corrected chi connectivity index (χ1v) is 7.25. The summed E-state index contributed by atoms with van der Waals surface area (Å²) in [6, 6.07) is 6.62. The lowest BCUT2D eigenvalue weighted by Crippen LogP contribution is -2.33. The molecule has 1 aromatic rings. The molecule has 0 unspecified atom stereocenters. The molecule has 1 saturated heterocycles. The SMILES string of the molecule is N#Cc1ccc(N2C(=O)[C@@H]3[C@@H](C2=O)[C@H]2C=C[C@@H]3C2)c(Cl)c1. The van der Waals surface area contributed by atoms with Gasteiger partial charge < -0.3 is 0 Å². The lowest BCUT2D eigenvalue weighted by molar-refractivity contribution is -0.123. The maximum Gasteiger partial charge on any atom is 0.238 e. The molecule has 104 valence electrons. The molecule has 5 heteroatoms. The van der Waals surface area contributed by atoms with E-state index in [2.05, 4.69) is 12.2 Å². The van der Waals surface area contributed by atoms with Gasteiger partial charge in [-0.3, -0.25) is 9.59 Å². The van der Waals surface area contributed by atoms with E-state index >= 15 is 0 Å². The van der Waals surface area contributed by atoms with Gasteiger partial charge in [-0.1, -0.05) is 23.8 Å². The Balaban J connectivity index is 1.76. The normalized spacial score (nSPS) is 32.7. The molecule has 2 amide bonds. The van der Waals surface area contributed by atoms with Crippen molar-refractivity contribution < 1.29 is 9.59 Å². The number of anilines is 1. The first kappa shape index (κ1) is 12.6. The van der Waals surface area contributed by atoms with E-state index in [4.69, 9.17) is 16.9 Å². The van der Waals surface area contributed by atoms with Crippen LogP contribution in [0.25, 0.3) is 0 Å². The summed E-state index contributed by atoms with van der Waals surface area (Å²) in [5, 5.41) is 9.13. The fourth-order valence-electron chi connectivity index (χ4n) is 3.90. The lowest BCUT2D eigenvalue weighted by Gasteiger charge is -2.18. The van der Waals surface area contributed by atoms with Crippen molar-refractivity contribution in [2.75, 3.05) is 4.90 Å². The van der Waals surface area contributed by atoms with Gasteiger partial charge in [-0.05, 0) is 36.5 Å². The first-order valence-electron chi connectivity index (χ1n) is 6.87. The van der Waals surface area contributed by atoms with Crippen molar-refractivity contribution >= 4 is 29.1 Å². The molecular weight excluding hydrogens is 288 g/mol. The number of hydrogen-bond donors (Lipinski definition) is 0. The van der Waals surface area contributed by atoms with Crippen LogP contribution in [0.15, 0.2) is 30.4 Å². The Labute approximate surface area is 126 Å². The standard InChI is InChI=1S/C16H11ClN2O2/c17-11-5-8(7-18)1-4-12(11)19-15(20)13-9-2-3-10(6-9)14(13)16(19)21/h1-5,9-10,13-14H,6H2/t9-,10+,13-,14-/m0/s1. The molecule has 0 N–H and O–H groups in total. The molecule has 2 bridgehead atoms. The van der Waals surface area contributed by atoms with Gasteiger partial charge in [-0.25, -0.2) is 4.90 Å². The number of allylic oxidation sites excluding steroid dienone is 2. The molecule has 1 aliphatic heterocycles. The zero-order valence-corrected chi connectivity index (χ0v) is 11.7. The Hall–Kier alpha value is -2.12. The predicted octanol–water partition coefficient (Wildman–Crippen LogP) is 2.52. The van der Waals surface area contributed by atoms with Gasteiger partial charge in [0.1, 0.15) is 0 Å². The number of halogens is 1. The molecule has 0 radical (unpaired) electrons. The van der Waals surface area contributed by atoms with Gasteiger partial charge in [0.15, 0.2) is 0 Å². The minimum atomic E-state index is -0.237. The molecule has 21 heavy (non-hydrogen) atoms. The summed E-state index contributed by atoms with van der Waals surface area (Å²) in [4.78, 5) is 26.5. The second-order valence-corrected chi connectivity index (χ2v) is 6.20. The van der Waals surface area contributed by atoms with Gasteiger partial charge in [0.25, 0.3) is 0 Å². The van der Waals surface area contributed by atoms with E-state index in [1.807, 2.05) is 6.07 Å². The van der Waals surface area contributed by atoms with Crippen LogP contribution in [-0.2, 0) is 9.59 Å². The summed E-state index contributed by atoms with van der Waals surface area (Å²) < 4.78 is 0. The number of nitriles is 1. The van der Waals surface area contributed by atoms with Crippen molar-refractivity contribution in [3.63, 3.8) is 0 Å². The Morgan fingerprint density at radius 1 is 1.14 bits per heavy atom. The fraction of sp³-hybridized carbons (Fsp3) is 0.312. The molecule has 4 atom stereocenters. The molecule has 2 aliphatic carbocycles. The van der Waals surface area contributed by atoms with E-state index in [1.54, 1.807) is 12.1 Å². The van der Waals surface area contributed by atoms with Crippen LogP contribution >= 0.6 is 11.6 Å². The van der Waals surface area contributed by atoms with Crippen molar-refractivity contribution in [2.45, 2.75) is 6.42 Å². The highest BCUT2D eigenvalue weighted by molar-refractivity contribution is 6.36. The highest BCUT2D eigenvalue weighted by atomic mass is 35.5. The first-order chi connectivity index (χ1) is 10.1. The summed E-state index contributed by atoms with van der Waals surface area (Å²) in [5.41, 5.74) is 0.796. The largest absolute Gasteiger partial charge is 0.274 e. The molecule has 1 saturated carbocycles. The summed E-state index contributed by atoms with van der Waals surface area (Å²) >= 11 is 6.15. The minimum absolute atomic E-state index is 0.159. The van der Waals surface area contributed by atoms with Crippen molar-refractivity contribution in [1.82, 2.24) is 0 Å². The van der Waals surface area contributed by atoms with Crippen molar-refractivity contribution in [3.8, 4) is 6.07 Å². The molecule has 0 spiro atoms. The Morgan fingerprint density at radius 2 is 1.76 bits per heavy atom. The summed E-state index contributed by atoms with van der Waals surface area (Å²) in [5.74, 6) is -0.433. The average molecular weight is 299 g/mol. The average Bonchev–Trinajstić information content (AvgIpc) is 3.14. The monoisotopic (exact) mass is 298 g/mol. The quantitative estimate of drug-likeness (QED) is 0.591. The lowest BCUT2D eigenvalue weighted by atomic mass is 9.85. The zero-order chi connectivity index (χ0) is 14.7. The van der Waals surface area contributed by atoms with Gasteiger partial charge in [-0.15, -0.1) is 0 Å². The maximum atomic E-state index is 12.6. The summed E-state index contributed by atoms with van der Waals surface area (Å²) in [6.07, 6.45) is 5.02. The topological polar surface area (TPSA) is 61.2 Å². The Morgan fingerprint density at radius 3 is 2.29 bits per heavy atom. The Kier molecular flexibility index (Phi) is 2.51. The second-order valence-electron chi connectivity index (χ2n) is 5.79. The molecule has 4 rings (SSSR count). The van der Waals surface area contributed by atoms with Crippen LogP contribution < -0.4 is 4.90 Å². The van der Waals surface area contributed by atoms with Crippen molar-refractivity contribution in [1.29, 1.82) is 5.26 Å². The van der Waals surface area contributed by atoms with Crippen LogP contribution in [0.1, 0.15) is 12.0 Å². The number of fused-ring (bicyclic) bond motifs is 5. The summed E-state index contributed by atoms with van der Waals surface area (Å²) in [6.45, 7) is 0. The van der Waals surface area contributed by atoms with Gasteiger partial charge >= 0.3 is 0 Å². The van der Waals surface area contributed by atoms with Crippen molar-refractivity contribution in [2.24, 2.45) is 23.7 Å². The number of carbonyl (C=O) groups is 2. The fourth-order valence-corrected chi connectivity index (χ4v) is 4.16. The van der Waals surface area contributed by atoms with Gasteiger partial charge in [0.2, 0.25) is 11.8 Å². The maximum absolute atomic E-state index is 12.6. The Bertz CT molecular complexity index is 719. The van der Waals surface area contributed by atoms with Crippen LogP contribution in [0, 0.1) is 35.0 Å². The third-order valence-corrected chi connectivity index (χ3v) is 5.09. The predicted molar refractivity (Wildman–Crippen MR) is 76.4 cm³/mol. The second kappa shape index (κ2) is 4.19. The van der Waals surface area contributed by atoms with Crippen LogP contribution in [-0.4, -0.2) is 11.8 Å². The van der Waals surface area contributed by atoms with Crippen LogP contribution in [0.4, 0.5) is 5.69 Å². The van der Waals surface area contributed by atoms with Gasteiger partial charge in [0.05, 0.1) is 34.2 Å². The molecule has 3 aliphatic rings. The number of hydrogen-bond acceptors (Lipinski definition) is 3. The summed E-state index contributed by atoms with van der Waals surface area (Å²) in [7, 11) is 0. The van der Waals surface area contributed by atoms with E-state index in [0.29, 0.717) is 11.3 Å². The van der Waals surface area contributed by atoms with Crippen LogP contribution in [0.2, 0.25) is 5.02 Å². The molecule has 4 nitrogen and oxygen atoms in total. The number of rotatable bonds is 1. The molecular formula is C16H11ClN2O2. The van der Waals surface area contributed by atoms with E-state index in [0.717, 1.165) is 6.42 Å². The highest BCUT2D eigenvalue weighted by Gasteiger charge is 2.59. The number of nitrogens with zero attached hydrogens (tertiary/aromatic N) is 2. The van der Waals surface area contributed by atoms with E-state index in [9.17, 15) is 9.59 Å². The third-order valence-electron chi connectivity index (χ3n) is 4.79. The van der Waals surface area contributed by atoms with Crippen molar-refractivity contribution in [3.05, 3.63) is 40.9 Å². The molecule has 1 heterocycles. The smallest absolute Gasteiger partial charge is 0.238 e. The zero-order valence-electron chi connectivity index (χ0n) is 11.0. The molecule has 1 aromatic carbocycles. The molecule has 0 aromatic heterocycles. The van der Waals surface area contributed by atoms with E-state index in [-0.39, 0.29) is 40.5 Å². The van der Waals surface area contributed by atoms with Gasteiger partial charge in [0, 0.05) is 0 Å². The number of benzene rings is 1. The minimum Gasteiger partial charge on any atom is -0.274 e. The third kappa shape index (κ3) is 1.55. The van der Waals surface area contributed by atoms with E-state index < -0.39 is 0 Å². The molecule has 2 fully saturated rings. The number of carbonyl (C=O) groups excluding carboxylic acids is 2. The number of amides is 2. The van der Waals surface area contributed by atoms with Crippen LogP contribution in [0.5, 0.6) is 0 Å². The number of imide groups is 1. The van der Waals surface area contributed by atoms with Crippen LogP contribution in [0.3, 0.4) is 0 Å².